The lowest BCUT2D eigenvalue weighted by molar-refractivity contribution is 0.0662. The lowest BCUT2D eigenvalue weighted by Gasteiger charge is -2.32. The van der Waals surface area contributed by atoms with Crippen LogP contribution in [-0.4, -0.2) is 70.2 Å². The summed E-state index contributed by atoms with van der Waals surface area (Å²) in [6, 6.07) is 4.07. The van der Waals surface area contributed by atoms with Gasteiger partial charge in [-0.25, -0.2) is 0 Å². The number of carbonyl (C=O) groups excluding carboxylic acids is 1. The van der Waals surface area contributed by atoms with Crippen LogP contribution in [0.4, 0.5) is 0 Å². The second-order valence-corrected chi connectivity index (χ2v) is 7.67. The maximum Gasteiger partial charge on any atom is 0.257 e. The Morgan fingerprint density at radius 3 is 2.74 bits per heavy atom. The van der Waals surface area contributed by atoms with Gasteiger partial charge in [0.25, 0.3) is 5.91 Å². The predicted molar refractivity (Wildman–Crippen MR) is 103 cm³/mol. The van der Waals surface area contributed by atoms with Crippen LogP contribution in [0.1, 0.15) is 28.0 Å². The Morgan fingerprint density at radius 1 is 1.19 bits per heavy atom. The SMILES string of the molecule is CN1CCN(C(=O)c2cnn3c2CC(CNCc2ccncc2)CC3)CC1. The first-order valence-corrected chi connectivity index (χ1v) is 9.83. The first-order valence-electron chi connectivity index (χ1n) is 9.83. The molecule has 2 aromatic rings. The Morgan fingerprint density at radius 2 is 1.96 bits per heavy atom. The molecule has 1 amide bonds. The summed E-state index contributed by atoms with van der Waals surface area (Å²) in [5.41, 5.74) is 3.16. The van der Waals surface area contributed by atoms with E-state index in [1.165, 1.54) is 5.56 Å². The van der Waals surface area contributed by atoms with Crippen molar-refractivity contribution in [2.45, 2.75) is 25.9 Å². The van der Waals surface area contributed by atoms with Crippen LogP contribution < -0.4 is 5.32 Å². The molecule has 1 unspecified atom stereocenters. The molecule has 0 aliphatic carbocycles. The summed E-state index contributed by atoms with van der Waals surface area (Å²) in [7, 11) is 2.10. The number of nitrogens with one attached hydrogen (secondary N) is 1. The van der Waals surface area contributed by atoms with Gasteiger partial charge in [-0.3, -0.25) is 14.5 Å². The fraction of sp³-hybridized carbons (Fsp3) is 0.550. The minimum atomic E-state index is 0.148. The molecule has 4 heterocycles. The number of nitrogens with zero attached hydrogens (tertiary/aromatic N) is 5. The van der Waals surface area contributed by atoms with E-state index in [9.17, 15) is 4.79 Å². The van der Waals surface area contributed by atoms with E-state index in [0.29, 0.717) is 5.92 Å². The van der Waals surface area contributed by atoms with E-state index in [0.717, 1.165) is 69.9 Å². The molecule has 0 aromatic carbocycles. The minimum absolute atomic E-state index is 0.148. The van der Waals surface area contributed by atoms with Crippen molar-refractivity contribution < 1.29 is 4.79 Å². The molecular weight excluding hydrogens is 340 g/mol. The maximum absolute atomic E-state index is 13.0. The predicted octanol–water partition coefficient (Wildman–Crippen LogP) is 1.02. The number of pyridine rings is 1. The second-order valence-electron chi connectivity index (χ2n) is 7.67. The molecule has 7 heteroatoms. The summed E-state index contributed by atoms with van der Waals surface area (Å²) >= 11 is 0. The van der Waals surface area contributed by atoms with E-state index in [1.54, 1.807) is 6.20 Å². The maximum atomic E-state index is 13.0. The van der Waals surface area contributed by atoms with Crippen molar-refractivity contribution in [3.8, 4) is 0 Å². The van der Waals surface area contributed by atoms with Crippen molar-refractivity contribution in [1.82, 2.24) is 29.9 Å². The zero-order chi connectivity index (χ0) is 18.6. The van der Waals surface area contributed by atoms with Crippen molar-refractivity contribution in [3.05, 3.63) is 47.5 Å². The minimum Gasteiger partial charge on any atom is -0.336 e. The molecular formula is C20H28N6O. The third kappa shape index (κ3) is 4.20. The van der Waals surface area contributed by atoms with Crippen LogP contribution in [0, 0.1) is 5.92 Å². The monoisotopic (exact) mass is 368 g/mol. The summed E-state index contributed by atoms with van der Waals surface area (Å²) in [6.45, 7) is 6.19. The Kier molecular flexibility index (Phi) is 5.50. The molecule has 1 saturated heterocycles. The Bertz CT molecular complexity index is 766. The molecule has 0 saturated carbocycles. The van der Waals surface area contributed by atoms with Crippen molar-refractivity contribution in [3.63, 3.8) is 0 Å². The van der Waals surface area contributed by atoms with E-state index < -0.39 is 0 Å². The van der Waals surface area contributed by atoms with Gasteiger partial charge in [-0.05, 0) is 50.0 Å². The van der Waals surface area contributed by atoms with Crippen LogP contribution in [0.25, 0.3) is 0 Å². The number of piperazine rings is 1. The Labute approximate surface area is 160 Å². The molecule has 7 nitrogen and oxygen atoms in total. The molecule has 2 aliphatic rings. The van der Waals surface area contributed by atoms with Gasteiger partial charge in [0.15, 0.2) is 0 Å². The number of carbonyl (C=O) groups is 1. The van der Waals surface area contributed by atoms with Gasteiger partial charge in [-0.15, -0.1) is 0 Å². The van der Waals surface area contributed by atoms with Gasteiger partial charge < -0.3 is 15.1 Å². The van der Waals surface area contributed by atoms with Gasteiger partial charge in [-0.1, -0.05) is 0 Å². The van der Waals surface area contributed by atoms with Gasteiger partial charge in [0, 0.05) is 51.7 Å². The molecule has 1 atom stereocenters. The number of hydrogen-bond acceptors (Lipinski definition) is 5. The third-order valence-corrected chi connectivity index (χ3v) is 5.71. The molecule has 27 heavy (non-hydrogen) atoms. The molecule has 0 bridgehead atoms. The first kappa shape index (κ1) is 18.1. The largest absolute Gasteiger partial charge is 0.336 e. The number of aryl methyl sites for hydroxylation is 1. The molecule has 1 fully saturated rings. The number of likely N-dealkylation sites (N-methyl/N-ethyl adjacent to an activating group) is 1. The molecule has 144 valence electrons. The standard InChI is InChI=1S/C20H28N6O/c1-24-8-10-25(11-9-24)20(27)18-15-23-26-7-4-17(12-19(18)26)14-22-13-16-2-5-21-6-3-16/h2-3,5-6,15,17,22H,4,7-14H2,1H3. The fourth-order valence-electron chi connectivity index (χ4n) is 3.95. The second kappa shape index (κ2) is 8.19. The summed E-state index contributed by atoms with van der Waals surface area (Å²) in [6.07, 6.45) is 7.44. The highest BCUT2D eigenvalue weighted by molar-refractivity contribution is 5.95. The average Bonchev–Trinajstić information content (AvgIpc) is 3.12. The van der Waals surface area contributed by atoms with Crippen molar-refractivity contribution >= 4 is 5.91 Å². The lowest BCUT2D eigenvalue weighted by Crippen LogP contribution is -2.47. The van der Waals surface area contributed by atoms with Crippen LogP contribution in [-0.2, 0) is 19.5 Å². The highest BCUT2D eigenvalue weighted by Gasteiger charge is 2.28. The van der Waals surface area contributed by atoms with Crippen LogP contribution in [0.3, 0.4) is 0 Å². The number of aromatic nitrogens is 3. The number of hydrogen-bond donors (Lipinski definition) is 1. The van der Waals surface area contributed by atoms with Crippen LogP contribution in [0.15, 0.2) is 30.7 Å². The van der Waals surface area contributed by atoms with Gasteiger partial charge in [0.2, 0.25) is 0 Å². The molecule has 2 aromatic heterocycles. The lowest BCUT2D eigenvalue weighted by atomic mass is 9.94. The van der Waals surface area contributed by atoms with E-state index in [4.69, 9.17) is 0 Å². The number of amides is 1. The average molecular weight is 368 g/mol. The molecule has 2 aliphatic heterocycles. The number of fused-ring (bicyclic) bond motifs is 1. The van der Waals surface area contributed by atoms with Crippen molar-refractivity contribution in [2.75, 3.05) is 39.8 Å². The topological polar surface area (TPSA) is 66.3 Å². The Balaban J connectivity index is 1.36. The van der Waals surface area contributed by atoms with Crippen LogP contribution in [0.2, 0.25) is 0 Å². The summed E-state index contributed by atoms with van der Waals surface area (Å²) < 4.78 is 2.03. The van der Waals surface area contributed by atoms with E-state index in [2.05, 4.69) is 27.3 Å². The van der Waals surface area contributed by atoms with Crippen molar-refractivity contribution in [1.29, 1.82) is 0 Å². The molecule has 0 radical (unpaired) electrons. The highest BCUT2D eigenvalue weighted by atomic mass is 16.2. The van der Waals surface area contributed by atoms with E-state index in [-0.39, 0.29) is 5.91 Å². The zero-order valence-corrected chi connectivity index (χ0v) is 16.0. The van der Waals surface area contributed by atoms with Gasteiger partial charge in [0.1, 0.15) is 0 Å². The third-order valence-electron chi connectivity index (χ3n) is 5.71. The highest BCUT2D eigenvalue weighted by Crippen LogP contribution is 2.24. The number of rotatable bonds is 5. The zero-order valence-electron chi connectivity index (χ0n) is 16.0. The molecule has 1 N–H and O–H groups in total. The molecule has 0 spiro atoms. The quantitative estimate of drug-likeness (QED) is 0.854. The normalized spacial score (nSPS) is 20.5. The van der Waals surface area contributed by atoms with Gasteiger partial charge >= 0.3 is 0 Å². The van der Waals surface area contributed by atoms with Crippen LogP contribution in [0.5, 0.6) is 0 Å². The van der Waals surface area contributed by atoms with Gasteiger partial charge in [0.05, 0.1) is 17.5 Å². The summed E-state index contributed by atoms with van der Waals surface area (Å²) in [5.74, 6) is 0.685. The van der Waals surface area contributed by atoms with Gasteiger partial charge in [-0.2, -0.15) is 5.10 Å². The van der Waals surface area contributed by atoms with Crippen LogP contribution >= 0.6 is 0 Å². The molecule has 4 rings (SSSR count). The Hall–Kier alpha value is -2.25. The van der Waals surface area contributed by atoms with E-state index in [1.807, 2.05) is 34.1 Å². The first-order chi connectivity index (χ1) is 13.2. The van der Waals surface area contributed by atoms with E-state index >= 15 is 0 Å². The van der Waals surface area contributed by atoms with Crippen molar-refractivity contribution in [2.24, 2.45) is 5.92 Å². The smallest absolute Gasteiger partial charge is 0.257 e. The fourth-order valence-corrected chi connectivity index (χ4v) is 3.95. The summed E-state index contributed by atoms with van der Waals surface area (Å²) in [4.78, 5) is 21.3. The summed E-state index contributed by atoms with van der Waals surface area (Å²) in [5, 5.41) is 8.03.